The molecule has 114 valence electrons. The van der Waals surface area contributed by atoms with Gasteiger partial charge in [0.15, 0.2) is 0 Å². The molecule has 1 rings (SSSR count). The molecule has 0 aliphatic heterocycles. The van der Waals surface area contributed by atoms with E-state index < -0.39 is 22.6 Å². The fraction of sp³-hybridized carbons (Fsp3) is 0.429. The summed E-state index contributed by atoms with van der Waals surface area (Å²) in [4.78, 5) is 11.7. The predicted octanol–water partition coefficient (Wildman–Crippen LogP) is 2.37. The van der Waals surface area contributed by atoms with E-state index in [4.69, 9.17) is 5.26 Å². The summed E-state index contributed by atoms with van der Waals surface area (Å²) in [5, 5.41) is 13.9. The molecule has 0 aliphatic carbocycles. The van der Waals surface area contributed by atoms with Crippen LogP contribution < -0.4 is 10.6 Å². The molecule has 0 heterocycles. The molecule has 1 atom stereocenters. The average molecular weight is 311 g/mol. The molecule has 1 aromatic rings. The zero-order chi connectivity index (χ0) is 16.0. The number of carbonyl (C=O) groups excluding carboxylic acids is 1. The Balaban J connectivity index is 2.52. The second-order valence-electron chi connectivity index (χ2n) is 5.34. The number of anilines is 1. The maximum Gasteiger partial charge on any atom is 0.319 e. The summed E-state index contributed by atoms with van der Waals surface area (Å²) in [7, 11) is -1.05. The number of carbonyl (C=O) groups is 1. The average Bonchev–Trinajstić information content (AvgIpc) is 2.39. The van der Waals surface area contributed by atoms with Crippen molar-refractivity contribution in [2.24, 2.45) is 0 Å². The van der Waals surface area contributed by atoms with Crippen LogP contribution in [-0.4, -0.2) is 27.3 Å². The topological polar surface area (TPSA) is 82.0 Å². The van der Waals surface area contributed by atoms with Crippen molar-refractivity contribution >= 4 is 22.5 Å². The summed E-state index contributed by atoms with van der Waals surface area (Å²) < 4.78 is 24.4. The molecule has 7 heteroatoms. The van der Waals surface area contributed by atoms with Gasteiger partial charge in [0, 0.05) is 27.8 Å². The van der Waals surface area contributed by atoms with Crippen molar-refractivity contribution in [1.82, 2.24) is 5.32 Å². The van der Waals surface area contributed by atoms with Crippen LogP contribution in [0.4, 0.5) is 14.9 Å². The van der Waals surface area contributed by atoms with E-state index in [0.29, 0.717) is 5.75 Å². The van der Waals surface area contributed by atoms with Crippen LogP contribution in [0.5, 0.6) is 0 Å². The molecule has 0 saturated heterocycles. The number of rotatable bonds is 4. The fourth-order valence-corrected chi connectivity index (χ4v) is 2.35. The van der Waals surface area contributed by atoms with Gasteiger partial charge in [0.1, 0.15) is 11.9 Å². The lowest BCUT2D eigenvalue weighted by atomic mass is 10.2. The van der Waals surface area contributed by atoms with Crippen molar-refractivity contribution in [2.75, 3.05) is 17.6 Å². The van der Waals surface area contributed by atoms with Gasteiger partial charge in [-0.3, -0.25) is 4.21 Å². The lowest BCUT2D eigenvalue weighted by Gasteiger charge is -2.17. The molecule has 5 nitrogen and oxygen atoms in total. The van der Waals surface area contributed by atoms with E-state index in [1.165, 1.54) is 6.07 Å². The second kappa shape index (κ2) is 7.18. The van der Waals surface area contributed by atoms with Crippen molar-refractivity contribution < 1.29 is 13.4 Å². The first kappa shape index (κ1) is 17.1. The van der Waals surface area contributed by atoms with Crippen LogP contribution in [0, 0.1) is 17.1 Å². The Hall–Kier alpha value is -1.94. The van der Waals surface area contributed by atoms with E-state index in [-0.39, 0.29) is 22.5 Å². The first-order valence-corrected chi connectivity index (χ1v) is 7.69. The Labute approximate surface area is 126 Å². The second-order valence-corrected chi connectivity index (χ2v) is 7.67. The van der Waals surface area contributed by atoms with E-state index in [1.807, 2.05) is 20.8 Å². The highest BCUT2D eigenvalue weighted by atomic mass is 32.2. The molecule has 0 saturated carbocycles. The van der Waals surface area contributed by atoms with Crippen molar-refractivity contribution in [3.05, 3.63) is 29.6 Å². The molecular formula is C14H18FN3O2S. The SMILES string of the molecule is CC(C)(C)[S@@](=O)CCNC(=O)Nc1ccc(F)cc1C#N. The Bertz CT molecular complexity index is 591. The summed E-state index contributed by atoms with van der Waals surface area (Å²) in [6, 6.07) is 4.80. The molecule has 1 aromatic carbocycles. The first-order chi connectivity index (χ1) is 9.74. The first-order valence-electron chi connectivity index (χ1n) is 6.37. The maximum absolute atomic E-state index is 13.0. The molecule has 0 bridgehead atoms. The summed E-state index contributed by atoms with van der Waals surface area (Å²) in [5.74, 6) is -0.205. The van der Waals surface area contributed by atoms with Crippen LogP contribution in [0.15, 0.2) is 18.2 Å². The third-order valence-electron chi connectivity index (χ3n) is 2.61. The maximum atomic E-state index is 13.0. The number of hydrogen-bond acceptors (Lipinski definition) is 3. The third-order valence-corrected chi connectivity index (χ3v) is 4.55. The number of nitrogens with zero attached hydrogens (tertiary/aromatic N) is 1. The zero-order valence-corrected chi connectivity index (χ0v) is 13.0. The van der Waals surface area contributed by atoms with Crippen LogP contribution in [0.1, 0.15) is 26.3 Å². The van der Waals surface area contributed by atoms with Gasteiger partial charge in [0.2, 0.25) is 0 Å². The van der Waals surface area contributed by atoms with E-state index in [1.54, 1.807) is 6.07 Å². The van der Waals surface area contributed by atoms with Crippen molar-refractivity contribution in [1.29, 1.82) is 5.26 Å². The fourth-order valence-electron chi connectivity index (χ4n) is 1.45. The van der Waals surface area contributed by atoms with E-state index in [2.05, 4.69) is 10.6 Å². The molecule has 0 spiro atoms. The highest BCUT2D eigenvalue weighted by Crippen LogP contribution is 2.15. The standard InChI is InChI=1S/C14H18FN3O2S/c1-14(2,3)21(20)7-6-17-13(19)18-12-5-4-11(15)8-10(12)9-16/h4-5,8H,6-7H2,1-3H3,(H2,17,18,19)/t21-/m0/s1. The Morgan fingerprint density at radius 3 is 2.67 bits per heavy atom. The Morgan fingerprint density at radius 1 is 1.43 bits per heavy atom. The molecule has 0 aromatic heterocycles. The van der Waals surface area contributed by atoms with Gasteiger partial charge in [-0.25, -0.2) is 9.18 Å². The monoisotopic (exact) mass is 311 g/mol. The van der Waals surface area contributed by atoms with Crippen molar-refractivity contribution in [3.8, 4) is 6.07 Å². The summed E-state index contributed by atoms with van der Waals surface area (Å²) in [6.07, 6.45) is 0. The van der Waals surface area contributed by atoms with Gasteiger partial charge in [-0.2, -0.15) is 5.26 Å². The van der Waals surface area contributed by atoms with Gasteiger partial charge in [-0.1, -0.05) is 0 Å². The van der Waals surface area contributed by atoms with Crippen LogP contribution in [0.3, 0.4) is 0 Å². The molecule has 0 aliphatic rings. The number of nitrogens with one attached hydrogen (secondary N) is 2. The highest BCUT2D eigenvalue weighted by Gasteiger charge is 2.18. The predicted molar refractivity (Wildman–Crippen MR) is 80.9 cm³/mol. The van der Waals surface area contributed by atoms with Gasteiger partial charge >= 0.3 is 6.03 Å². The lowest BCUT2D eigenvalue weighted by Crippen LogP contribution is -2.35. The summed E-state index contributed by atoms with van der Waals surface area (Å²) in [6.45, 7) is 5.83. The molecular weight excluding hydrogens is 293 g/mol. The minimum Gasteiger partial charge on any atom is -0.337 e. The third kappa shape index (κ3) is 5.52. The summed E-state index contributed by atoms with van der Waals surface area (Å²) in [5.41, 5.74) is 0.275. The molecule has 0 radical (unpaired) electrons. The number of hydrogen-bond donors (Lipinski definition) is 2. The molecule has 0 unspecified atom stereocenters. The lowest BCUT2D eigenvalue weighted by molar-refractivity contribution is 0.252. The number of halogens is 1. The molecule has 2 amide bonds. The number of benzene rings is 1. The number of amides is 2. The van der Waals surface area contributed by atoms with Gasteiger partial charge in [0.05, 0.1) is 11.3 Å². The molecule has 21 heavy (non-hydrogen) atoms. The van der Waals surface area contributed by atoms with Crippen molar-refractivity contribution in [2.45, 2.75) is 25.5 Å². The minimum absolute atomic E-state index is 0.0448. The van der Waals surface area contributed by atoms with Crippen LogP contribution in [0.2, 0.25) is 0 Å². The largest absolute Gasteiger partial charge is 0.337 e. The van der Waals surface area contributed by atoms with Crippen molar-refractivity contribution in [3.63, 3.8) is 0 Å². The van der Waals surface area contributed by atoms with Crippen LogP contribution >= 0.6 is 0 Å². The van der Waals surface area contributed by atoms with Gasteiger partial charge < -0.3 is 10.6 Å². The smallest absolute Gasteiger partial charge is 0.319 e. The minimum atomic E-state index is -1.05. The molecule has 2 N–H and O–H groups in total. The quantitative estimate of drug-likeness (QED) is 0.895. The van der Waals surface area contributed by atoms with Gasteiger partial charge in [-0.05, 0) is 39.0 Å². The Morgan fingerprint density at radius 2 is 2.10 bits per heavy atom. The number of urea groups is 1. The highest BCUT2D eigenvalue weighted by molar-refractivity contribution is 7.86. The molecule has 0 fully saturated rings. The van der Waals surface area contributed by atoms with Gasteiger partial charge in [0.25, 0.3) is 0 Å². The van der Waals surface area contributed by atoms with Gasteiger partial charge in [-0.15, -0.1) is 0 Å². The Kier molecular flexibility index (Phi) is 5.85. The normalized spacial score (nSPS) is 12.3. The van der Waals surface area contributed by atoms with E-state index in [0.717, 1.165) is 12.1 Å². The van der Waals surface area contributed by atoms with E-state index >= 15 is 0 Å². The van der Waals surface area contributed by atoms with E-state index in [9.17, 15) is 13.4 Å². The number of nitriles is 1. The van der Waals surface area contributed by atoms with Crippen LogP contribution in [0.25, 0.3) is 0 Å². The van der Waals surface area contributed by atoms with Crippen LogP contribution in [-0.2, 0) is 10.8 Å². The zero-order valence-electron chi connectivity index (χ0n) is 12.2. The summed E-state index contributed by atoms with van der Waals surface area (Å²) >= 11 is 0.